The maximum absolute atomic E-state index is 13.2. The molecule has 2 nitrogen and oxygen atoms in total. The summed E-state index contributed by atoms with van der Waals surface area (Å²) in [6.45, 7) is 4.15. The Morgan fingerprint density at radius 2 is 2.25 bits per heavy atom. The molecular weight excluding hydrogens is 203 g/mol. The fourth-order valence-corrected chi connectivity index (χ4v) is 2.57. The highest BCUT2D eigenvalue weighted by Gasteiger charge is 2.22. The van der Waals surface area contributed by atoms with Crippen LogP contribution in [0.4, 0.5) is 10.1 Å². The first-order valence-corrected chi connectivity index (χ1v) is 5.98. The number of likely N-dealkylation sites (tertiary alicyclic amines) is 1. The van der Waals surface area contributed by atoms with Gasteiger partial charge in [-0.05, 0) is 49.6 Å². The van der Waals surface area contributed by atoms with Gasteiger partial charge in [-0.15, -0.1) is 0 Å². The van der Waals surface area contributed by atoms with Crippen LogP contribution in [0.3, 0.4) is 0 Å². The molecular formula is C13H19FN2. The molecule has 1 aromatic carbocycles. The number of anilines is 1. The first kappa shape index (κ1) is 11.4. The van der Waals surface area contributed by atoms with E-state index in [1.165, 1.54) is 25.3 Å². The van der Waals surface area contributed by atoms with E-state index in [-0.39, 0.29) is 5.82 Å². The minimum atomic E-state index is -0.234. The van der Waals surface area contributed by atoms with Crippen molar-refractivity contribution >= 4 is 5.69 Å². The highest BCUT2D eigenvalue weighted by molar-refractivity contribution is 5.41. The first-order valence-electron chi connectivity index (χ1n) is 5.98. The summed E-state index contributed by atoms with van der Waals surface area (Å²) in [5, 5.41) is 0. The van der Waals surface area contributed by atoms with Crippen LogP contribution < -0.4 is 5.73 Å². The average Bonchev–Trinajstić information content (AvgIpc) is 2.63. The number of halogens is 1. The van der Waals surface area contributed by atoms with Crippen LogP contribution in [0.5, 0.6) is 0 Å². The topological polar surface area (TPSA) is 29.3 Å². The van der Waals surface area contributed by atoms with Crippen molar-refractivity contribution in [3.8, 4) is 0 Å². The Kier molecular flexibility index (Phi) is 3.44. The van der Waals surface area contributed by atoms with E-state index in [1.807, 2.05) is 6.07 Å². The molecule has 1 heterocycles. The van der Waals surface area contributed by atoms with Gasteiger partial charge in [-0.2, -0.15) is 0 Å². The largest absolute Gasteiger partial charge is 0.399 e. The fourth-order valence-electron chi connectivity index (χ4n) is 2.57. The monoisotopic (exact) mass is 222 g/mol. The minimum Gasteiger partial charge on any atom is -0.399 e. The molecule has 2 rings (SSSR count). The molecule has 0 radical (unpaired) electrons. The second-order valence-electron chi connectivity index (χ2n) is 4.57. The van der Waals surface area contributed by atoms with Crippen LogP contribution in [-0.2, 0) is 6.54 Å². The molecule has 1 unspecified atom stereocenters. The molecule has 0 aromatic heterocycles. The van der Waals surface area contributed by atoms with Crippen molar-refractivity contribution in [1.29, 1.82) is 0 Å². The lowest BCUT2D eigenvalue weighted by Crippen LogP contribution is -2.28. The number of nitrogens with zero attached hydrogens (tertiary/aromatic N) is 1. The zero-order chi connectivity index (χ0) is 11.5. The zero-order valence-electron chi connectivity index (χ0n) is 9.75. The summed E-state index contributed by atoms with van der Waals surface area (Å²) in [6, 6.07) is 5.48. The molecule has 0 bridgehead atoms. The maximum atomic E-state index is 13.2. The molecule has 2 N–H and O–H groups in total. The highest BCUT2D eigenvalue weighted by atomic mass is 19.1. The lowest BCUT2D eigenvalue weighted by molar-refractivity contribution is 0.240. The normalized spacial score (nSPS) is 21.5. The van der Waals surface area contributed by atoms with Crippen molar-refractivity contribution < 1.29 is 4.39 Å². The molecule has 1 fully saturated rings. The number of hydrogen-bond donors (Lipinski definition) is 1. The number of rotatable bonds is 3. The predicted octanol–water partition coefficient (Wildman–Crippen LogP) is 2.78. The quantitative estimate of drug-likeness (QED) is 0.797. The number of hydrogen-bond acceptors (Lipinski definition) is 2. The Balaban J connectivity index is 2.08. The molecule has 1 saturated heterocycles. The Bertz CT molecular complexity index is 345. The summed E-state index contributed by atoms with van der Waals surface area (Å²) in [5.41, 5.74) is 7.14. The third-order valence-electron chi connectivity index (χ3n) is 3.34. The highest BCUT2D eigenvalue weighted by Crippen LogP contribution is 2.23. The van der Waals surface area contributed by atoms with Gasteiger partial charge in [0.05, 0.1) is 0 Å². The van der Waals surface area contributed by atoms with Gasteiger partial charge >= 0.3 is 0 Å². The Morgan fingerprint density at radius 3 is 2.94 bits per heavy atom. The van der Waals surface area contributed by atoms with Gasteiger partial charge in [0, 0.05) is 18.3 Å². The van der Waals surface area contributed by atoms with E-state index in [0.717, 1.165) is 18.7 Å². The van der Waals surface area contributed by atoms with Gasteiger partial charge in [-0.3, -0.25) is 4.90 Å². The molecule has 1 aromatic rings. The number of benzene rings is 1. The smallest absolute Gasteiger partial charge is 0.125 e. The van der Waals surface area contributed by atoms with Gasteiger partial charge in [0.1, 0.15) is 5.82 Å². The second-order valence-corrected chi connectivity index (χ2v) is 4.57. The SMILES string of the molecule is CCC1CCCN1Cc1cc(N)cc(F)c1. The molecule has 0 saturated carbocycles. The van der Waals surface area contributed by atoms with E-state index >= 15 is 0 Å². The van der Waals surface area contributed by atoms with E-state index in [1.54, 1.807) is 6.07 Å². The molecule has 0 amide bonds. The van der Waals surface area contributed by atoms with Crippen molar-refractivity contribution in [2.45, 2.75) is 38.8 Å². The Hall–Kier alpha value is -1.09. The standard InChI is InChI=1S/C13H19FN2/c1-2-13-4-3-5-16(13)9-10-6-11(14)8-12(15)7-10/h6-8,13H,2-5,9,15H2,1H3. The molecule has 16 heavy (non-hydrogen) atoms. The minimum absolute atomic E-state index is 0.234. The summed E-state index contributed by atoms with van der Waals surface area (Å²) in [6.07, 6.45) is 3.69. The summed E-state index contributed by atoms with van der Waals surface area (Å²) >= 11 is 0. The second kappa shape index (κ2) is 4.83. The van der Waals surface area contributed by atoms with Crippen LogP contribution >= 0.6 is 0 Å². The summed E-state index contributed by atoms with van der Waals surface area (Å²) < 4.78 is 13.2. The van der Waals surface area contributed by atoms with E-state index < -0.39 is 0 Å². The lowest BCUT2D eigenvalue weighted by Gasteiger charge is -2.23. The zero-order valence-corrected chi connectivity index (χ0v) is 9.75. The first-order chi connectivity index (χ1) is 7.69. The average molecular weight is 222 g/mol. The molecule has 3 heteroatoms. The van der Waals surface area contributed by atoms with E-state index in [4.69, 9.17) is 5.73 Å². The van der Waals surface area contributed by atoms with Gasteiger partial charge in [-0.25, -0.2) is 4.39 Å². The van der Waals surface area contributed by atoms with Gasteiger partial charge in [-0.1, -0.05) is 6.92 Å². The van der Waals surface area contributed by atoms with Gasteiger partial charge in [0.15, 0.2) is 0 Å². The lowest BCUT2D eigenvalue weighted by atomic mass is 10.1. The molecule has 88 valence electrons. The van der Waals surface area contributed by atoms with E-state index in [2.05, 4.69) is 11.8 Å². The molecule has 0 spiro atoms. The van der Waals surface area contributed by atoms with Crippen LogP contribution in [0, 0.1) is 5.82 Å². The van der Waals surface area contributed by atoms with Crippen molar-refractivity contribution in [3.05, 3.63) is 29.6 Å². The number of nitrogen functional groups attached to an aromatic ring is 1. The van der Waals surface area contributed by atoms with Crippen molar-refractivity contribution in [1.82, 2.24) is 4.90 Å². The molecule has 0 aliphatic carbocycles. The summed E-state index contributed by atoms with van der Waals surface area (Å²) in [5.74, 6) is -0.234. The fraction of sp³-hybridized carbons (Fsp3) is 0.538. The Labute approximate surface area is 96.2 Å². The van der Waals surface area contributed by atoms with Crippen molar-refractivity contribution in [2.75, 3.05) is 12.3 Å². The third-order valence-corrected chi connectivity index (χ3v) is 3.34. The van der Waals surface area contributed by atoms with Crippen LogP contribution in [0.1, 0.15) is 31.7 Å². The van der Waals surface area contributed by atoms with Crippen LogP contribution in [0.15, 0.2) is 18.2 Å². The van der Waals surface area contributed by atoms with Crippen LogP contribution in [0.2, 0.25) is 0 Å². The van der Waals surface area contributed by atoms with Gasteiger partial charge in [0.2, 0.25) is 0 Å². The van der Waals surface area contributed by atoms with Gasteiger partial charge in [0.25, 0.3) is 0 Å². The number of nitrogens with two attached hydrogens (primary N) is 1. The van der Waals surface area contributed by atoms with Crippen molar-refractivity contribution in [2.24, 2.45) is 0 Å². The van der Waals surface area contributed by atoms with E-state index in [9.17, 15) is 4.39 Å². The molecule has 1 atom stereocenters. The van der Waals surface area contributed by atoms with Crippen LogP contribution in [-0.4, -0.2) is 17.5 Å². The predicted molar refractivity (Wildman–Crippen MR) is 64.5 cm³/mol. The van der Waals surface area contributed by atoms with Crippen molar-refractivity contribution in [3.63, 3.8) is 0 Å². The maximum Gasteiger partial charge on any atom is 0.125 e. The Morgan fingerprint density at radius 1 is 1.44 bits per heavy atom. The van der Waals surface area contributed by atoms with Crippen LogP contribution in [0.25, 0.3) is 0 Å². The summed E-state index contributed by atoms with van der Waals surface area (Å²) in [4.78, 5) is 2.42. The molecule has 1 aliphatic rings. The molecule has 1 aliphatic heterocycles. The third kappa shape index (κ3) is 2.53. The summed E-state index contributed by atoms with van der Waals surface area (Å²) in [7, 11) is 0. The van der Waals surface area contributed by atoms with E-state index in [0.29, 0.717) is 11.7 Å². The van der Waals surface area contributed by atoms with Gasteiger partial charge < -0.3 is 5.73 Å².